The minimum atomic E-state index is -0.325. The molecule has 0 spiro atoms. The van der Waals surface area contributed by atoms with Gasteiger partial charge in [-0.1, -0.05) is 42.1 Å². The van der Waals surface area contributed by atoms with E-state index in [2.05, 4.69) is 4.99 Å². The molecule has 0 bridgehead atoms. The third-order valence-corrected chi connectivity index (χ3v) is 4.22. The molecule has 0 atom stereocenters. The highest BCUT2D eigenvalue weighted by Gasteiger charge is 2.06. The van der Waals surface area contributed by atoms with Crippen LogP contribution in [0.2, 0.25) is 0 Å². The van der Waals surface area contributed by atoms with Crippen molar-refractivity contribution in [2.45, 2.75) is 4.90 Å². The van der Waals surface area contributed by atoms with Crippen molar-refractivity contribution in [2.75, 3.05) is 0 Å². The summed E-state index contributed by atoms with van der Waals surface area (Å²) in [6.45, 7) is 0. The first-order chi connectivity index (χ1) is 12.2. The Hall–Kier alpha value is -2.72. The molecule has 0 aromatic heterocycles. The molecule has 0 saturated heterocycles. The fourth-order valence-corrected chi connectivity index (χ4v) is 2.84. The van der Waals surface area contributed by atoms with Crippen LogP contribution >= 0.6 is 11.8 Å². The molecule has 1 nitrogen and oxygen atoms in total. The lowest BCUT2D eigenvalue weighted by Crippen LogP contribution is -1.99. The molecule has 3 aromatic rings. The molecule has 3 rings (SSSR count). The first-order valence-corrected chi connectivity index (χ1v) is 8.58. The van der Waals surface area contributed by atoms with Gasteiger partial charge >= 0.3 is 0 Å². The zero-order valence-corrected chi connectivity index (χ0v) is 14.1. The molecule has 0 radical (unpaired) electrons. The third-order valence-electron chi connectivity index (χ3n) is 3.40. The van der Waals surface area contributed by atoms with Gasteiger partial charge < -0.3 is 0 Å². The molecule has 0 heterocycles. The first-order valence-electron chi connectivity index (χ1n) is 7.70. The van der Waals surface area contributed by atoms with Crippen molar-refractivity contribution in [1.82, 2.24) is 0 Å². The normalized spacial score (nSPS) is 11.8. The van der Waals surface area contributed by atoms with Crippen LogP contribution in [0.1, 0.15) is 5.56 Å². The van der Waals surface area contributed by atoms with Crippen molar-refractivity contribution in [3.63, 3.8) is 0 Å². The van der Waals surface area contributed by atoms with Gasteiger partial charge in [0.25, 0.3) is 0 Å². The van der Waals surface area contributed by atoms with Crippen LogP contribution in [0, 0.1) is 11.6 Å². The summed E-state index contributed by atoms with van der Waals surface area (Å²) in [5.41, 5.74) is 1.71. The SMILES string of the molecule is Fc1ccc(SC=CC(=Nc2ccccc2)c2ccccc2F)cc1. The van der Waals surface area contributed by atoms with Gasteiger partial charge in [0.1, 0.15) is 11.6 Å². The Labute approximate surface area is 149 Å². The maximum absolute atomic E-state index is 14.2. The predicted octanol–water partition coefficient (Wildman–Crippen LogP) is 6.39. The maximum Gasteiger partial charge on any atom is 0.132 e. The molecule has 25 heavy (non-hydrogen) atoms. The van der Waals surface area contributed by atoms with Gasteiger partial charge in [0.15, 0.2) is 0 Å². The Bertz CT molecular complexity index is 887. The Balaban J connectivity index is 1.89. The Morgan fingerprint density at radius 3 is 2.20 bits per heavy atom. The second-order valence-corrected chi connectivity index (χ2v) is 6.17. The largest absolute Gasteiger partial charge is 0.248 e. The number of allylic oxidation sites excluding steroid dienone is 1. The number of halogens is 2. The van der Waals surface area contributed by atoms with E-state index in [1.54, 1.807) is 36.4 Å². The summed E-state index contributed by atoms with van der Waals surface area (Å²) in [7, 11) is 0. The van der Waals surface area contributed by atoms with Gasteiger partial charge in [0, 0.05) is 10.5 Å². The third kappa shape index (κ3) is 4.88. The molecule has 0 saturated carbocycles. The fourth-order valence-electron chi connectivity index (χ4n) is 2.19. The van der Waals surface area contributed by atoms with Gasteiger partial charge in [0.2, 0.25) is 0 Å². The molecular weight excluding hydrogens is 336 g/mol. The molecule has 4 heteroatoms. The van der Waals surface area contributed by atoms with E-state index in [-0.39, 0.29) is 11.6 Å². The number of hydrogen-bond acceptors (Lipinski definition) is 2. The Morgan fingerprint density at radius 1 is 0.800 bits per heavy atom. The van der Waals surface area contributed by atoms with Gasteiger partial charge in [-0.2, -0.15) is 0 Å². The Morgan fingerprint density at radius 2 is 1.48 bits per heavy atom. The van der Waals surface area contributed by atoms with Crippen molar-refractivity contribution in [3.8, 4) is 0 Å². The molecule has 0 N–H and O–H groups in total. The molecular formula is C21H15F2NS. The zero-order valence-electron chi connectivity index (χ0n) is 13.3. The second kappa shape index (κ2) is 8.40. The second-order valence-electron chi connectivity index (χ2n) is 5.19. The van der Waals surface area contributed by atoms with Crippen LogP contribution in [0.5, 0.6) is 0 Å². The van der Waals surface area contributed by atoms with E-state index >= 15 is 0 Å². The van der Waals surface area contributed by atoms with E-state index in [0.717, 1.165) is 10.6 Å². The summed E-state index contributed by atoms with van der Waals surface area (Å²) >= 11 is 1.42. The van der Waals surface area contributed by atoms with E-state index < -0.39 is 0 Å². The molecule has 3 aromatic carbocycles. The number of para-hydroxylation sites is 1. The molecule has 0 fully saturated rings. The predicted molar refractivity (Wildman–Crippen MR) is 100 cm³/mol. The van der Waals surface area contributed by atoms with E-state index in [1.165, 1.54) is 30.0 Å². The lowest BCUT2D eigenvalue weighted by atomic mass is 10.1. The van der Waals surface area contributed by atoms with Crippen molar-refractivity contribution in [2.24, 2.45) is 4.99 Å². The van der Waals surface area contributed by atoms with E-state index in [4.69, 9.17) is 0 Å². The number of rotatable bonds is 5. The minimum absolute atomic E-state index is 0.272. The molecule has 0 amide bonds. The number of aliphatic imine (C=N–C) groups is 1. The number of thioether (sulfide) groups is 1. The molecule has 0 unspecified atom stereocenters. The maximum atomic E-state index is 14.2. The van der Waals surface area contributed by atoms with Gasteiger partial charge in [-0.25, -0.2) is 13.8 Å². The summed E-state index contributed by atoms with van der Waals surface area (Å²) < 4.78 is 27.1. The van der Waals surface area contributed by atoms with Gasteiger partial charge in [-0.05, 0) is 60.0 Å². The molecule has 124 valence electrons. The van der Waals surface area contributed by atoms with E-state index in [1.807, 2.05) is 35.7 Å². The van der Waals surface area contributed by atoms with Crippen LogP contribution in [0.25, 0.3) is 0 Å². The van der Waals surface area contributed by atoms with Crippen LogP contribution in [-0.2, 0) is 0 Å². The van der Waals surface area contributed by atoms with Crippen molar-refractivity contribution in [1.29, 1.82) is 0 Å². The summed E-state index contributed by atoms with van der Waals surface area (Å²) in [6.07, 6.45) is 1.76. The average molecular weight is 351 g/mol. The topological polar surface area (TPSA) is 12.4 Å². The lowest BCUT2D eigenvalue weighted by molar-refractivity contribution is 0.625. The number of hydrogen-bond donors (Lipinski definition) is 0. The van der Waals surface area contributed by atoms with Crippen molar-refractivity contribution >= 4 is 23.2 Å². The van der Waals surface area contributed by atoms with Crippen LogP contribution < -0.4 is 0 Å². The van der Waals surface area contributed by atoms with Crippen LogP contribution in [0.4, 0.5) is 14.5 Å². The summed E-state index contributed by atoms with van der Waals surface area (Å²) in [5.74, 6) is -0.598. The zero-order chi connectivity index (χ0) is 17.5. The first kappa shape index (κ1) is 17.1. The number of nitrogens with zero attached hydrogens (tertiary/aromatic N) is 1. The van der Waals surface area contributed by atoms with Crippen LogP contribution in [0.15, 0.2) is 100 Å². The minimum Gasteiger partial charge on any atom is -0.248 e. The summed E-state index contributed by atoms with van der Waals surface area (Å²) in [5, 5.41) is 1.82. The fraction of sp³-hybridized carbons (Fsp3) is 0. The summed E-state index contributed by atoms with van der Waals surface area (Å²) in [4.78, 5) is 5.45. The van der Waals surface area contributed by atoms with Gasteiger partial charge in [-0.3, -0.25) is 0 Å². The van der Waals surface area contributed by atoms with E-state index in [9.17, 15) is 8.78 Å². The highest BCUT2D eigenvalue weighted by molar-refractivity contribution is 8.02. The van der Waals surface area contributed by atoms with Crippen molar-refractivity contribution < 1.29 is 8.78 Å². The summed E-state index contributed by atoms with van der Waals surface area (Å²) in [6, 6.07) is 22.1. The molecule has 0 aliphatic heterocycles. The lowest BCUT2D eigenvalue weighted by Gasteiger charge is -2.04. The van der Waals surface area contributed by atoms with Gasteiger partial charge in [-0.15, -0.1) is 0 Å². The standard InChI is InChI=1S/C21H15F2NS/c22-16-10-12-18(13-11-16)25-15-14-21(19-8-4-5-9-20(19)23)24-17-6-2-1-3-7-17/h1-15H. The van der Waals surface area contributed by atoms with Crippen LogP contribution in [-0.4, -0.2) is 5.71 Å². The van der Waals surface area contributed by atoms with Crippen molar-refractivity contribution in [3.05, 3.63) is 108 Å². The Kier molecular flexibility index (Phi) is 5.75. The van der Waals surface area contributed by atoms with Crippen LogP contribution in [0.3, 0.4) is 0 Å². The monoisotopic (exact) mass is 351 g/mol. The smallest absolute Gasteiger partial charge is 0.132 e. The molecule has 0 aliphatic carbocycles. The van der Waals surface area contributed by atoms with E-state index in [0.29, 0.717) is 11.3 Å². The average Bonchev–Trinajstić information content (AvgIpc) is 2.64. The quantitative estimate of drug-likeness (QED) is 0.383. The highest BCUT2D eigenvalue weighted by Crippen LogP contribution is 2.21. The van der Waals surface area contributed by atoms with Gasteiger partial charge in [0.05, 0.1) is 11.4 Å². The number of benzene rings is 3. The highest BCUT2D eigenvalue weighted by atomic mass is 32.2. The molecule has 0 aliphatic rings.